The van der Waals surface area contributed by atoms with E-state index in [2.05, 4.69) is 25.7 Å². The fraction of sp³-hybridized carbons (Fsp3) is 0.125. The molecule has 74 valence electrons. The summed E-state index contributed by atoms with van der Waals surface area (Å²) in [7, 11) is 0. The lowest BCUT2D eigenvalue weighted by Gasteiger charge is -2.07. The number of ether oxygens (including phenoxy) is 1. The van der Waals surface area contributed by atoms with Gasteiger partial charge >= 0.3 is 6.61 Å². The maximum Gasteiger partial charge on any atom is 0.387 e. The Labute approximate surface area is 86.5 Å². The van der Waals surface area contributed by atoms with Crippen LogP contribution < -0.4 is 4.74 Å². The number of carbonyl (C=O) groups excluding carboxylic acids is 1. The van der Waals surface area contributed by atoms with Crippen LogP contribution in [-0.2, 0) is 4.79 Å². The third-order valence-corrected chi connectivity index (χ3v) is 1.94. The molecule has 0 aromatic heterocycles. The van der Waals surface area contributed by atoms with Gasteiger partial charge in [0.1, 0.15) is 5.69 Å². The fourth-order valence-electron chi connectivity index (χ4n) is 0.840. The Morgan fingerprint density at radius 3 is 2.79 bits per heavy atom. The first kappa shape index (κ1) is 10.8. The summed E-state index contributed by atoms with van der Waals surface area (Å²) in [6, 6.07) is 4.41. The molecular formula is C8H4BrF2NO2. The molecule has 6 heteroatoms. The zero-order chi connectivity index (χ0) is 10.6. The lowest BCUT2D eigenvalue weighted by atomic mass is 10.3. The Balaban J connectivity index is 3.14. The lowest BCUT2D eigenvalue weighted by molar-refractivity contribution is -0.0499. The second kappa shape index (κ2) is 4.83. The van der Waals surface area contributed by atoms with Crippen molar-refractivity contribution < 1.29 is 18.3 Å². The van der Waals surface area contributed by atoms with Crippen LogP contribution in [0.25, 0.3) is 0 Å². The van der Waals surface area contributed by atoms with Crippen LogP contribution in [0.5, 0.6) is 5.75 Å². The molecule has 1 aromatic carbocycles. The average molecular weight is 264 g/mol. The number of hydrogen-bond donors (Lipinski definition) is 0. The third kappa shape index (κ3) is 2.61. The summed E-state index contributed by atoms with van der Waals surface area (Å²) in [6.45, 7) is -2.96. The van der Waals surface area contributed by atoms with Crippen molar-refractivity contribution in [2.24, 2.45) is 4.99 Å². The molecule has 0 unspecified atom stereocenters. The minimum Gasteiger partial charge on any atom is -0.431 e. The highest BCUT2D eigenvalue weighted by Crippen LogP contribution is 2.35. The van der Waals surface area contributed by atoms with E-state index in [1.165, 1.54) is 18.2 Å². The van der Waals surface area contributed by atoms with E-state index < -0.39 is 6.61 Å². The molecule has 0 N–H and O–H groups in total. The summed E-state index contributed by atoms with van der Waals surface area (Å²) in [5.74, 6) is -0.175. The van der Waals surface area contributed by atoms with Crippen LogP contribution in [0.1, 0.15) is 0 Å². The molecule has 0 saturated heterocycles. The predicted octanol–water partition coefficient (Wildman–Crippen LogP) is 3.02. The van der Waals surface area contributed by atoms with Crippen molar-refractivity contribution in [2.75, 3.05) is 0 Å². The molecule has 0 radical (unpaired) electrons. The Morgan fingerprint density at radius 1 is 1.50 bits per heavy atom. The molecule has 0 atom stereocenters. The van der Waals surface area contributed by atoms with Crippen molar-refractivity contribution >= 4 is 27.7 Å². The summed E-state index contributed by atoms with van der Waals surface area (Å²) in [5, 5.41) is 0. The number of nitrogens with zero attached hydrogens (tertiary/aromatic N) is 1. The van der Waals surface area contributed by atoms with E-state index in [4.69, 9.17) is 0 Å². The SMILES string of the molecule is O=C=Nc1cccc(Br)c1OC(F)F. The van der Waals surface area contributed by atoms with Gasteiger partial charge in [0.05, 0.1) is 4.47 Å². The van der Waals surface area contributed by atoms with Gasteiger partial charge in [-0.05, 0) is 28.1 Å². The van der Waals surface area contributed by atoms with Gasteiger partial charge in [-0.15, -0.1) is 0 Å². The summed E-state index contributed by atoms with van der Waals surface area (Å²) in [6.07, 6.45) is 1.25. The Kier molecular flexibility index (Phi) is 3.73. The number of hydrogen-bond acceptors (Lipinski definition) is 3. The number of alkyl halides is 2. The topological polar surface area (TPSA) is 38.7 Å². The smallest absolute Gasteiger partial charge is 0.387 e. The molecule has 0 saturated carbocycles. The molecule has 0 aliphatic carbocycles. The van der Waals surface area contributed by atoms with E-state index in [0.717, 1.165) is 0 Å². The van der Waals surface area contributed by atoms with Gasteiger partial charge in [-0.25, -0.2) is 4.79 Å². The van der Waals surface area contributed by atoms with Gasteiger partial charge in [0, 0.05) is 0 Å². The van der Waals surface area contributed by atoms with Gasteiger partial charge in [0.25, 0.3) is 0 Å². The van der Waals surface area contributed by atoms with Gasteiger partial charge < -0.3 is 4.74 Å². The third-order valence-electron chi connectivity index (χ3n) is 1.32. The number of benzene rings is 1. The first-order chi connectivity index (χ1) is 6.65. The first-order valence-corrected chi connectivity index (χ1v) is 4.25. The minimum absolute atomic E-state index is 0.00896. The standard InChI is InChI=1S/C8H4BrF2NO2/c9-5-2-1-3-6(12-4-13)7(5)14-8(10)11/h1-3,8H. The monoisotopic (exact) mass is 263 g/mol. The summed E-state index contributed by atoms with van der Waals surface area (Å²) in [5.41, 5.74) is 0.00896. The van der Waals surface area contributed by atoms with Crippen LogP contribution in [0.4, 0.5) is 14.5 Å². The van der Waals surface area contributed by atoms with Crippen molar-refractivity contribution in [2.45, 2.75) is 6.61 Å². The van der Waals surface area contributed by atoms with Gasteiger partial charge in [-0.3, -0.25) is 0 Å². The van der Waals surface area contributed by atoms with Gasteiger partial charge in [0.2, 0.25) is 6.08 Å². The van der Waals surface area contributed by atoms with Crippen molar-refractivity contribution in [3.8, 4) is 5.75 Å². The Hall–Kier alpha value is -1.26. The van der Waals surface area contributed by atoms with E-state index >= 15 is 0 Å². The molecule has 0 aliphatic rings. The van der Waals surface area contributed by atoms with Crippen molar-refractivity contribution in [3.63, 3.8) is 0 Å². The highest BCUT2D eigenvalue weighted by molar-refractivity contribution is 9.10. The second-order valence-corrected chi connectivity index (χ2v) is 3.02. The molecule has 1 aromatic rings. The Morgan fingerprint density at radius 2 is 2.21 bits per heavy atom. The van der Waals surface area contributed by atoms with Crippen molar-refractivity contribution in [3.05, 3.63) is 22.7 Å². The molecule has 14 heavy (non-hydrogen) atoms. The molecule has 0 fully saturated rings. The average Bonchev–Trinajstić information content (AvgIpc) is 2.11. The fourth-order valence-corrected chi connectivity index (χ4v) is 1.29. The van der Waals surface area contributed by atoms with Crippen LogP contribution in [0, 0.1) is 0 Å². The largest absolute Gasteiger partial charge is 0.431 e. The number of aliphatic imine (C=N–C) groups is 1. The molecule has 1 rings (SSSR count). The van der Waals surface area contributed by atoms with Crippen LogP contribution >= 0.6 is 15.9 Å². The minimum atomic E-state index is -2.96. The zero-order valence-electron chi connectivity index (χ0n) is 6.71. The van der Waals surface area contributed by atoms with E-state index in [0.29, 0.717) is 4.47 Å². The van der Waals surface area contributed by atoms with Gasteiger partial charge in [0.15, 0.2) is 5.75 Å². The maximum atomic E-state index is 11.9. The van der Waals surface area contributed by atoms with E-state index in [1.807, 2.05) is 0 Å². The molecule has 0 heterocycles. The van der Waals surface area contributed by atoms with Gasteiger partial charge in [-0.2, -0.15) is 13.8 Å². The number of halogens is 3. The van der Waals surface area contributed by atoms with Crippen molar-refractivity contribution in [1.29, 1.82) is 0 Å². The highest BCUT2D eigenvalue weighted by Gasteiger charge is 2.12. The summed E-state index contributed by atoms with van der Waals surface area (Å²) < 4.78 is 28.4. The number of para-hydroxylation sites is 1. The zero-order valence-corrected chi connectivity index (χ0v) is 8.29. The lowest BCUT2D eigenvalue weighted by Crippen LogP contribution is -2.02. The normalized spacial score (nSPS) is 9.71. The molecular weight excluding hydrogens is 260 g/mol. The summed E-state index contributed by atoms with van der Waals surface area (Å²) in [4.78, 5) is 13.2. The quantitative estimate of drug-likeness (QED) is 0.621. The number of rotatable bonds is 3. The molecule has 0 spiro atoms. The van der Waals surface area contributed by atoms with Crippen LogP contribution in [-0.4, -0.2) is 12.7 Å². The number of isocyanates is 1. The summed E-state index contributed by atoms with van der Waals surface area (Å²) >= 11 is 3.00. The van der Waals surface area contributed by atoms with Crippen LogP contribution in [0.15, 0.2) is 27.7 Å². The molecule has 0 amide bonds. The van der Waals surface area contributed by atoms with Gasteiger partial charge in [-0.1, -0.05) is 6.07 Å². The maximum absolute atomic E-state index is 11.9. The predicted molar refractivity (Wildman–Crippen MR) is 48.6 cm³/mol. The highest BCUT2D eigenvalue weighted by atomic mass is 79.9. The van der Waals surface area contributed by atoms with Crippen LogP contribution in [0.2, 0.25) is 0 Å². The molecule has 0 aliphatic heterocycles. The molecule has 0 bridgehead atoms. The van der Waals surface area contributed by atoms with Crippen molar-refractivity contribution in [1.82, 2.24) is 0 Å². The van der Waals surface area contributed by atoms with E-state index in [-0.39, 0.29) is 11.4 Å². The van der Waals surface area contributed by atoms with Crippen LogP contribution in [0.3, 0.4) is 0 Å². The van der Waals surface area contributed by atoms with E-state index in [1.54, 1.807) is 6.07 Å². The second-order valence-electron chi connectivity index (χ2n) is 2.17. The van der Waals surface area contributed by atoms with E-state index in [9.17, 15) is 13.6 Å². The Bertz CT molecular complexity index is 378. The molecule has 3 nitrogen and oxygen atoms in total. The first-order valence-electron chi connectivity index (χ1n) is 3.46.